The smallest absolute Gasteiger partial charge is 0.350 e. The number of phenolic OH excluding ortho intramolecular Hbond substituents is 1. The van der Waals surface area contributed by atoms with Crippen LogP contribution in [0.4, 0.5) is 0 Å². The van der Waals surface area contributed by atoms with Gasteiger partial charge in [0.1, 0.15) is 11.1 Å². The summed E-state index contributed by atoms with van der Waals surface area (Å²) in [5.74, 6) is -0.590. The second kappa shape index (κ2) is 4.26. The van der Waals surface area contributed by atoms with Crippen molar-refractivity contribution < 1.29 is 13.9 Å². The van der Waals surface area contributed by atoms with E-state index in [-0.39, 0.29) is 16.3 Å². The fraction of sp³-hybridized carbons (Fsp3) is 0. The Balaban J connectivity index is 2.45. The van der Waals surface area contributed by atoms with Crippen LogP contribution in [0.3, 0.4) is 0 Å². The van der Waals surface area contributed by atoms with Crippen molar-refractivity contribution in [3.8, 4) is 16.9 Å². The highest BCUT2D eigenvalue weighted by molar-refractivity contribution is 6.16. The lowest BCUT2D eigenvalue weighted by molar-refractivity contribution is 0.476. The van der Waals surface area contributed by atoms with E-state index in [1.54, 1.807) is 30.3 Å². The van der Waals surface area contributed by atoms with Crippen LogP contribution >= 0.6 is 0 Å². The molecule has 0 amide bonds. The van der Waals surface area contributed by atoms with Gasteiger partial charge < -0.3 is 13.9 Å². The van der Waals surface area contributed by atoms with Gasteiger partial charge in [-0.2, -0.15) is 0 Å². The highest BCUT2D eigenvalue weighted by atomic mass is 16.4. The Morgan fingerprint density at radius 2 is 1.13 bits per heavy atom. The second-order valence-corrected chi connectivity index (χ2v) is 4.94. The zero-order valence-electron chi connectivity index (χ0n) is 11.3. The average Bonchev–Trinajstić information content (AvgIpc) is 2.97. The molecular weight excluding hydrogens is 304 g/mol. The van der Waals surface area contributed by atoms with E-state index >= 15 is 0 Å². The first-order chi connectivity index (χ1) is 11.0. The van der Waals surface area contributed by atoms with Crippen molar-refractivity contribution in [1.29, 1.82) is 0 Å². The van der Waals surface area contributed by atoms with E-state index in [4.69, 9.17) is 0 Å². The predicted molar refractivity (Wildman–Crippen MR) is 80.5 cm³/mol. The van der Waals surface area contributed by atoms with Gasteiger partial charge in [-0.15, -0.1) is 0 Å². The summed E-state index contributed by atoms with van der Waals surface area (Å²) in [6, 6.07) is 8.19. The Bertz CT molecular complexity index is 1280. The number of benzene rings is 2. The summed E-state index contributed by atoms with van der Waals surface area (Å²) in [7, 11) is 0. The molecule has 0 bridgehead atoms. The molecule has 2 heterocycles. The standard InChI is InChI=1S/C16H6O7/c17-12-7(6-4-2-1-3-5-6)8-9(14(19)22-13(8)18)10-11(12)16(21)23-15(10)20/h1-5,17H. The van der Waals surface area contributed by atoms with E-state index in [0.29, 0.717) is 5.56 Å². The molecule has 2 aromatic heterocycles. The van der Waals surface area contributed by atoms with E-state index in [9.17, 15) is 24.3 Å². The predicted octanol–water partition coefficient (Wildman–Crippen LogP) is 0.868. The first-order valence-electron chi connectivity index (χ1n) is 6.52. The summed E-state index contributed by atoms with van der Waals surface area (Å²) in [6.07, 6.45) is 0. The normalized spacial score (nSPS) is 11.5. The van der Waals surface area contributed by atoms with Crippen LogP contribution in [0.5, 0.6) is 5.75 Å². The van der Waals surface area contributed by atoms with E-state index in [1.165, 1.54) is 0 Å². The molecule has 0 atom stereocenters. The Morgan fingerprint density at radius 1 is 0.652 bits per heavy atom. The molecule has 0 aliphatic heterocycles. The zero-order valence-corrected chi connectivity index (χ0v) is 11.3. The highest BCUT2D eigenvalue weighted by Crippen LogP contribution is 2.39. The summed E-state index contributed by atoms with van der Waals surface area (Å²) < 4.78 is 9.00. The number of fused-ring (bicyclic) bond motifs is 3. The van der Waals surface area contributed by atoms with Crippen LogP contribution in [0.25, 0.3) is 32.7 Å². The maximum Gasteiger partial charge on any atom is 0.350 e. The van der Waals surface area contributed by atoms with Gasteiger partial charge in [0.2, 0.25) is 0 Å². The Morgan fingerprint density at radius 3 is 1.74 bits per heavy atom. The SMILES string of the molecule is O=c1oc(=O)c2c1c(O)c(-c1ccccc1)c1c(=O)oc(=O)c12. The fourth-order valence-electron chi connectivity index (χ4n) is 2.81. The van der Waals surface area contributed by atoms with Gasteiger partial charge in [0, 0.05) is 5.56 Å². The van der Waals surface area contributed by atoms with Crippen molar-refractivity contribution in [2.45, 2.75) is 0 Å². The molecule has 4 aromatic rings. The average molecular weight is 310 g/mol. The molecule has 2 aromatic carbocycles. The first kappa shape index (κ1) is 13.2. The third kappa shape index (κ3) is 1.58. The largest absolute Gasteiger partial charge is 0.506 e. The van der Waals surface area contributed by atoms with Crippen molar-refractivity contribution in [2.75, 3.05) is 0 Å². The van der Waals surface area contributed by atoms with Gasteiger partial charge in [0.15, 0.2) is 0 Å². The van der Waals surface area contributed by atoms with Gasteiger partial charge in [-0.1, -0.05) is 30.3 Å². The molecular formula is C16H6O7. The van der Waals surface area contributed by atoms with Gasteiger partial charge in [-0.25, -0.2) is 19.2 Å². The van der Waals surface area contributed by atoms with E-state index in [1.807, 2.05) is 0 Å². The van der Waals surface area contributed by atoms with Crippen LogP contribution in [0.1, 0.15) is 0 Å². The zero-order chi connectivity index (χ0) is 16.3. The summed E-state index contributed by atoms with van der Waals surface area (Å²) >= 11 is 0. The Labute approximate surface area is 125 Å². The lowest BCUT2D eigenvalue weighted by atomic mass is 9.96. The number of furan rings is 2. The Kier molecular flexibility index (Phi) is 2.45. The third-order valence-corrected chi connectivity index (χ3v) is 3.72. The van der Waals surface area contributed by atoms with E-state index in [2.05, 4.69) is 8.83 Å². The molecule has 0 spiro atoms. The van der Waals surface area contributed by atoms with Crippen LogP contribution in [-0.4, -0.2) is 5.11 Å². The van der Waals surface area contributed by atoms with Gasteiger partial charge in [-0.05, 0) is 5.56 Å². The lowest BCUT2D eigenvalue weighted by Crippen LogP contribution is -1.99. The second-order valence-electron chi connectivity index (χ2n) is 4.94. The van der Waals surface area contributed by atoms with Crippen molar-refractivity contribution in [3.63, 3.8) is 0 Å². The molecule has 0 aliphatic carbocycles. The van der Waals surface area contributed by atoms with E-state index in [0.717, 1.165) is 0 Å². The molecule has 1 N–H and O–H groups in total. The third-order valence-electron chi connectivity index (χ3n) is 3.72. The van der Waals surface area contributed by atoms with Crippen LogP contribution in [0.2, 0.25) is 0 Å². The number of rotatable bonds is 1. The highest BCUT2D eigenvalue weighted by Gasteiger charge is 2.27. The molecule has 112 valence electrons. The maximum absolute atomic E-state index is 12.0. The van der Waals surface area contributed by atoms with Crippen molar-refractivity contribution in [3.05, 3.63) is 72.0 Å². The summed E-state index contributed by atoms with van der Waals surface area (Å²) in [6.45, 7) is 0. The number of hydrogen-bond acceptors (Lipinski definition) is 7. The lowest BCUT2D eigenvalue weighted by Gasteiger charge is -2.06. The van der Waals surface area contributed by atoms with Crippen LogP contribution < -0.4 is 22.5 Å². The van der Waals surface area contributed by atoms with Gasteiger partial charge in [0.05, 0.1) is 16.2 Å². The van der Waals surface area contributed by atoms with Crippen LogP contribution in [0, 0.1) is 0 Å². The van der Waals surface area contributed by atoms with Gasteiger partial charge in [0.25, 0.3) is 0 Å². The van der Waals surface area contributed by atoms with Crippen molar-refractivity contribution in [2.24, 2.45) is 0 Å². The van der Waals surface area contributed by atoms with Crippen molar-refractivity contribution in [1.82, 2.24) is 0 Å². The maximum atomic E-state index is 12.0. The van der Waals surface area contributed by atoms with Crippen LogP contribution in [0.15, 0.2) is 58.3 Å². The number of aromatic hydroxyl groups is 1. The number of hydrogen-bond donors (Lipinski definition) is 1. The molecule has 7 heteroatoms. The molecule has 0 radical (unpaired) electrons. The first-order valence-corrected chi connectivity index (χ1v) is 6.52. The molecule has 23 heavy (non-hydrogen) atoms. The fourth-order valence-corrected chi connectivity index (χ4v) is 2.81. The minimum atomic E-state index is -1.09. The van der Waals surface area contributed by atoms with Gasteiger partial charge in [-0.3, -0.25) is 0 Å². The molecule has 0 saturated carbocycles. The summed E-state index contributed by atoms with van der Waals surface area (Å²) in [4.78, 5) is 47.6. The molecule has 0 unspecified atom stereocenters. The Hall–Kier alpha value is -3.48. The topological polar surface area (TPSA) is 115 Å². The molecule has 4 rings (SSSR count). The molecule has 7 nitrogen and oxygen atoms in total. The van der Waals surface area contributed by atoms with Gasteiger partial charge >= 0.3 is 22.5 Å². The van der Waals surface area contributed by atoms with E-state index < -0.39 is 39.0 Å². The molecule has 0 aliphatic rings. The minimum Gasteiger partial charge on any atom is -0.506 e. The monoisotopic (exact) mass is 310 g/mol. The van der Waals surface area contributed by atoms with Crippen LogP contribution in [-0.2, 0) is 0 Å². The summed E-state index contributed by atoms with van der Waals surface area (Å²) in [5.41, 5.74) is -3.86. The summed E-state index contributed by atoms with van der Waals surface area (Å²) in [5, 5.41) is 8.99. The quantitative estimate of drug-likeness (QED) is 0.554. The minimum absolute atomic E-state index is 0.0400. The van der Waals surface area contributed by atoms with Crippen molar-refractivity contribution >= 4 is 21.5 Å². The number of phenols is 1. The molecule has 0 saturated heterocycles. The molecule has 0 fully saturated rings.